The van der Waals surface area contributed by atoms with Crippen molar-refractivity contribution in [2.75, 3.05) is 0 Å². The van der Waals surface area contributed by atoms with Gasteiger partial charge in [0.25, 0.3) is 0 Å². The van der Waals surface area contributed by atoms with Gasteiger partial charge >= 0.3 is 5.97 Å². The van der Waals surface area contributed by atoms with Crippen molar-refractivity contribution < 1.29 is 9.90 Å². The van der Waals surface area contributed by atoms with Gasteiger partial charge in [-0.15, -0.1) is 11.3 Å². The topological polar surface area (TPSA) is 66.0 Å². The van der Waals surface area contributed by atoms with Crippen molar-refractivity contribution in [2.45, 2.75) is 0 Å². The van der Waals surface area contributed by atoms with Crippen LogP contribution in [0.25, 0.3) is 21.7 Å². The lowest BCUT2D eigenvalue weighted by Gasteiger charge is -1.92. The summed E-state index contributed by atoms with van der Waals surface area (Å²) in [4.78, 5) is 19.5. The normalized spacial score (nSPS) is 10.9. The molecule has 2 heterocycles. The van der Waals surface area contributed by atoms with Crippen molar-refractivity contribution in [2.24, 2.45) is 0 Å². The number of nitrogens with one attached hydrogen (secondary N) is 1. The van der Waals surface area contributed by atoms with Gasteiger partial charge in [-0.05, 0) is 45.6 Å². The molecule has 0 unspecified atom stereocenters. The molecular formula is C12H7BrN2O2S. The number of aromatic nitrogens is 2. The molecule has 0 amide bonds. The van der Waals surface area contributed by atoms with Crippen LogP contribution in [0.15, 0.2) is 34.1 Å². The van der Waals surface area contributed by atoms with Gasteiger partial charge < -0.3 is 10.1 Å². The molecule has 90 valence electrons. The number of benzene rings is 1. The molecule has 0 atom stereocenters. The van der Waals surface area contributed by atoms with E-state index < -0.39 is 5.97 Å². The van der Waals surface area contributed by atoms with Gasteiger partial charge in [0.15, 0.2) is 0 Å². The lowest BCUT2D eigenvalue weighted by atomic mass is 10.2. The highest BCUT2D eigenvalue weighted by Gasteiger charge is 2.11. The largest absolute Gasteiger partial charge is 0.478 e. The van der Waals surface area contributed by atoms with Crippen LogP contribution in [0.5, 0.6) is 0 Å². The van der Waals surface area contributed by atoms with E-state index in [1.807, 2.05) is 11.4 Å². The number of carboxylic acids is 1. The van der Waals surface area contributed by atoms with Crippen molar-refractivity contribution in [1.29, 1.82) is 0 Å². The minimum atomic E-state index is -0.939. The van der Waals surface area contributed by atoms with Crippen molar-refractivity contribution in [3.63, 3.8) is 0 Å². The van der Waals surface area contributed by atoms with Crippen molar-refractivity contribution >= 4 is 44.3 Å². The molecule has 2 N–H and O–H groups in total. The highest BCUT2D eigenvalue weighted by Crippen LogP contribution is 2.32. The van der Waals surface area contributed by atoms with E-state index in [4.69, 9.17) is 5.11 Å². The van der Waals surface area contributed by atoms with Gasteiger partial charge in [-0.25, -0.2) is 9.78 Å². The fourth-order valence-electron chi connectivity index (χ4n) is 1.71. The summed E-state index contributed by atoms with van der Waals surface area (Å²) in [5.41, 5.74) is 1.74. The van der Waals surface area contributed by atoms with Crippen molar-refractivity contribution in [3.8, 4) is 10.7 Å². The Balaban J connectivity index is 2.17. The molecule has 0 spiro atoms. The average Bonchev–Trinajstić information content (AvgIpc) is 2.92. The first-order valence-electron chi connectivity index (χ1n) is 5.11. The van der Waals surface area contributed by atoms with E-state index in [1.165, 1.54) is 0 Å². The fraction of sp³-hybridized carbons (Fsp3) is 0. The third-order valence-electron chi connectivity index (χ3n) is 2.56. The van der Waals surface area contributed by atoms with Crippen LogP contribution >= 0.6 is 27.3 Å². The Hall–Kier alpha value is -1.66. The number of carboxylic acid groups (broad SMARTS) is 1. The highest BCUT2D eigenvalue weighted by atomic mass is 79.9. The second-order valence-electron chi connectivity index (χ2n) is 3.72. The number of thiophene rings is 1. The number of imidazole rings is 1. The second-order valence-corrected chi connectivity index (χ2v) is 5.49. The van der Waals surface area contributed by atoms with Crippen molar-refractivity contribution in [3.05, 3.63) is 39.7 Å². The van der Waals surface area contributed by atoms with E-state index in [1.54, 1.807) is 29.5 Å². The SMILES string of the molecule is O=C(O)c1ccc2nc(-c3sccc3Br)[nH]c2c1. The van der Waals surface area contributed by atoms with Crippen LogP contribution in [0.4, 0.5) is 0 Å². The van der Waals surface area contributed by atoms with E-state index in [2.05, 4.69) is 25.9 Å². The molecule has 0 saturated heterocycles. The summed E-state index contributed by atoms with van der Waals surface area (Å²) in [6.07, 6.45) is 0. The molecule has 0 radical (unpaired) electrons. The van der Waals surface area contributed by atoms with Crippen LogP contribution in [-0.2, 0) is 0 Å². The first-order valence-corrected chi connectivity index (χ1v) is 6.79. The summed E-state index contributed by atoms with van der Waals surface area (Å²) < 4.78 is 0.977. The predicted molar refractivity (Wildman–Crippen MR) is 74.1 cm³/mol. The summed E-state index contributed by atoms with van der Waals surface area (Å²) in [5.74, 6) is -0.195. The molecule has 0 saturated carbocycles. The van der Waals surface area contributed by atoms with Crippen LogP contribution < -0.4 is 0 Å². The van der Waals surface area contributed by atoms with Gasteiger partial charge in [0.1, 0.15) is 5.82 Å². The molecule has 2 aromatic heterocycles. The molecule has 18 heavy (non-hydrogen) atoms. The molecule has 1 aromatic carbocycles. The second kappa shape index (κ2) is 4.22. The van der Waals surface area contributed by atoms with E-state index in [0.29, 0.717) is 0 Å². The van der Waals surface area contributed by atoms with Crippen molar-refractivity contribution in [1.82, 2.24) is 9.97 Å². The minimum absolute atomic E-state index is 0.253. The molecule has 4 nitrogen and oxygen atoms in total. The molecule has 3 aromatic rings. The monoisotopic (exact) mass is 322 g/mol. The highest BCUT2D eigenvalue weighted by molar-refractivity contribution is 9.10. The molecule has 0 aliphatic carbocycles. The third-order valence-corrected chi connectivity index (χ3v) is 4.41. The first-order chi connectivity index (χ1) is 8.65. The number of hydrogen-bond acceptors (Lipinski definition) is 3. The van der Waals surface area contributed by atoms with E-state index in [9.17, 15) is 4.79 Å². The summed E-state index contributed by atoms with van der Waals surface area (Å²) in [6, 6.07) is 6.81. The lowest BCUT2D eigenvalue weighted by molar-refractivity contribution is 0.0697. The fourth-order valence-corrected chi connectivity index (χ4v) is 3.22. The number of H-pyrrole nitrogens is 1. The number of hydrogen-bond donors (Lipinski definition) is 2. The maximum Gasteiger partial charge on any atom is 0.335 e. The van der Waals surface area contributed by atoms with Gasteiger partial charge in [-0.3, -0.25) is 0 Å². The number of aromatic amines is 1. The molecule has 0 aliphatic rings. The molecule has 3 rings (SSSR count). The number of rotatable bonds is 2. The summed E-state index contributed by atoms with van der Waals surface area (Å²) in [5, 5.41) is 10.9. The molecule has 0 fully saturated rings. The number of nitrogens with zero attached hydrogens (tertiary/aromatic N) is 1. The Bertz CT molecular complexity index is 747. The minimum Gasteiger partial charge on any atom is -0.478 e. The Kier molecular flexibility index (Phi) is 2.68. The quantitative estimate of drug-likeness (QED) is 0.755. The summed E-state index contributed by atoms with van der Waals surface area (Å²) >= 11 is 5.03. The van der Waals surface area contributed by atoms with Crippen LogP contribution in [0.2, 0.25) is 0 Å². The smallest absolute Gasteiger partial charge is 0.335 e. The molecule has 0 bridgehead atoms. The first kappa shape index (κ1) is 11.4. The van der Waals surface area contributed by atoms with Crippen LogP contribution in [0.1, 0.15) is 10.4 Å². The zero-order valence-electron chi connectivity index (χ0n) is 8.98. The Morgan fingerprint density at radius 3 is 2.89 bits per heavy atom. The average molecular weight is 323 g/mol. The van der Waals surface area contributed by atoms with E-state index in [-0.39, 0.29) is 5.56 Å². The van der Waals surface area contributed by atoms with E-state index >= 15 is 0 Å². The van der Waals surface area contributed by atoms with Gasteiger partial charge in [-0.1, -0.05) is 0 Å². The number of fused-ring (bicyclic) bond motifs is 1. The number of halogens is 1. The van der Waals surface area contributed by atoms with Crippen LogP contribution in [0, 0.1) is 0 Å². The lowest BCUT2D eigenvalue weighted by Crippen LogP contribution is -1.94. The van der Waals surface area contributed by atoms with Gasteiger partial charge in [0.2, 0.25) is 0 Å². The standard InChI is InChI=1S/C12H7BrN2O2S/c13-7-3-4-18-10(7)11-14-8-2-1-6(12(16)17)5-9(8)15-11/h1-5H,(H,14,15)(H,16,17). The summed E-state index contributed by atoms with van der Waals surface area (Å²) in [7, 11) is 0. The number of carbonyl (C=O) groups is 1. The molecule has 6 heteroatoms. The third kappa shape index (κ3) is 1.83. The maximum atomic E-state index is 10.9. The predicted octanol–water partition coefficient (Wildman–Crippen LogP) is 3.75. The zero-order valence-corrected chi connectivity index (χ0v) is 11.4. The van der Waals surface area contributed by atoms with Crippen LogP contribution in [-0.4, -0.2) is 21.0 Å². The van der Waals surface area contributed by atoms with Gasteiger partial charge in [0.05, 0.1) is 21.5 Å². The Morgan fingerprint density at radius 1 is 1.39 bits per heavy atom. The number of aromatic carboxylic acids is 1. The molecular weight excluding hydrogens is 316 g/mol. The van der Waals surface area contributed by atoms with Crippen LogP contribution in [0.3, 0.4) is 0 Å². The maximum absolute atomic E-state index is 10.9. The summed E-state index contributed by atoms with van der Waals surface area (Å²) in [6.45, 7) is 0. The van der Waals surface area contributed by atoms with Gasteiger partial charge in [0, 0.05) is 4.47 Å². The molecule has 0 aliphatic heterocycles. The zero-order chi connectivity index (χ0) is 12.7. The van der Waals surface area contributed by atoms with E-state index in [0.717, 1.165) is 26.2 Å². The Labute approximate surface area is 114 Å². The van der Waals surface area contributed by atoms with Gasteiger partial charge in [-0.2, -0.15) is 0 Å². The Morgan fingerprint density at radius 2 is 2.22 bits per heavy atom.